The van der Waals surface area contributed by atoms with Crippen LogP contribution in [0.3, 0.4) is 0 Å². The minimum Gasteiger partial charge on any atom is -0.329 e. The van der Waals surface area contributed by atoms with Gasteiger partial charge in [-0.05, 0) is 5.92 Å². The predicted molar refractivity (Wildman–Crippen MR) is 51.8 cm³/mol. The molecule has 0 fully saturated rings. The van der Waals surface area contributed by atoms with Crippen LogP contribution in [0.5, 0.6) is 0 Å². The third-order valence-electron chi connectivity index (χ3n) is 2.02. The number of carbonyl (C=O) groups excluding carboxylic acids is 1. The van der Waals surface area contributed by atoms with E-state index in [4.69, 9.17) is 5.26 Å². The van der Waals surface area contributed by atoms with Gasteiger partial charge in [0.25, 0.3) is 0 Å². The van der Waals surface area contributed by atoms with Crippen LogP contribution in [0.15, 0.2) is 0 Å². The smallest absolute Gasteiger partial charge is 0.225 e. The first-order valence-corrected chi connectivity index (χ1v) is 4.58. The maximum absolute atomic E-state index is 11.5. The summed E-state index contributed by atoms with van der Waals surface area (Å²) >= 11 is 0. The number of rotatable bonds is 3. The molecule has 0 spiro atoms. The van der Waals surface area contributed by atoms with Crippen molar-refractivity contribution in [2.75, 3.05) is 7.05 Å². The molecule has 13 heavy (non-hydrogen) atoms. The summed E-state index contributed by atoms with van der Waals surface area (Å²) in [6, 6.07) is 1.83. The molecule has 0 aromatic rings. The molecule has 74 valence electrons. The highest BCUT2D eigenvalue weighted by molar-refractivity contribution is 5.78. The number of carbonyl (C=O) groups is 1. The van der Waals surface area contributed by atoms with Crippen LogP contribution in [0.2, 0.25) is 0 Å². The molecule has 0 aliphatic heterocycles. The highest BCUT2D eigenvalue weighted by Crippen LogP contribution is 2.11. The molecule has 0 rings (SSSR count). The van der Waals surface area contributed by atoms with E-state index in [2.05, 4.69) is 6.07 Å². The van der Waals surface area contributed by atoms with Crippen molar-refractivity contribution in [1.29, 1.82) is 5.26 Å². The predicted octanol–water partition coefficient (Wildman–Crippen LogP) is 1.65. The lowest BCUT2D eigenvalue weighted by Crippen LogP contribution is -2.41. The van der Waals surface area contributed by atoms with E-state index >= 15 is 0 Å². The molecule has 1 atom stereocenters. The largest absolute Gasteiger partial charge is 0.329 e. The maximum atomic E-state index is 11.5. The minimum absolute atomic E-state index is 0.0280. The second-order valence-electron chi connectivity index (χ2n) is 3.92. The Hall–Kier alpha value is -1.04. The normalized spacial score (nSPS) is 12.8. The van der Waals surface area contributed by atoms with Crippen LogP contribution in [0.1, 0.15) is 27.7 Å². The summed E-state index contributed by atoms with van der Waals surface area (Å²) in [5, 5.41) is 8.85. The van der Waals surface area contributed by atoms with Crippen LogP contribution in [-0.4, -0.2) is 23.9 Å². The average Bonchev–Trinajstić information content (AvgIpc) is 2.03. The van der Waals surface area contributed by atoms with Crippen LogP contribution in [0, 0.1) is 23.2 Å². The van der Waals surface area contributed by atoms with Crippen molar-refractivity contribution >= 4 is 5.91 Å². The number of amides is 1. The monoisotopic (exact) mass is 182 g/mol. The van der Waals surface area contributed by atoms with Crippen LogP contribution < -0.4 is 0 Å². The van der Waals surface area contributed by atoms with E-state index in [1.807, 2.05) is 27.7 Å². The summed E-state index contributed by atoms with van der Waals surface area (Å²) in [6.45, 7) is 7.57. The lowest BCUT2D eigenvalue weighted by Gasteiger charge is -2.26. The molecule has 0 aliphatic carbocycles. The summed E-state index contributed by atoms with van der Waals surface area (Å²) in [6.07, 6.45) is 0. The zero-order valence-electron chi connectivity index (χ0n) is 9.03. The quantitative estimate of drug-likeness (QED) is 0.666. The standard InChI is InChI=1S/C10H18N2O/c1-7(2)9(6-11)12(5)10(13)8(3)4/h7-9H,1-5H3. The molecule has 0 aromatic heterocycles. The summed E-state index contributed by atoms with van der Waals surface area (Å²) in [5.41, 5.74) is 0. The lowest BCUT2D eigenvalue weighted by molar-refractivity contribution is -0.134. The number of nitriles is 1. The Morgan fingerprint density at radius 1 is 1.31 bits per heavy atom. The Morgan fingerprint density at radius 2 is 1.77 bits per heavy atom. The molecule has 0 saturated carbocycles. The van der Waals surface area contributed by atoms with E-state index in [-0.39, 0.29) is 23.8 Å². The van der Waals surface area contributed by atoms with Crippen LogP contribution >= 0.6 is 0 Å². The van der Waals surface area contributed by atoms with Crippen molar-refractivity contribution in [2.45, 2.75) is 33.7 Å². The van der Waals surface area contributed by atoms with Crippen molar-refractivity contribution < 1.29 is 4.79 Å². The summed E-state index contributed by atoms with van der Waals surface area (Å²) in [5.74, 6) is 0.164. The minimum atomic E-state index is -0.310. The molecule has 3 nitrogen and oxygen atoms in total. The highest BCUT2D eigenvalue weighted by Gasteiger charge is 2.23. The molecular weight excluding hydrogens is 164 g/mol. The fraction of sp³-hybridized carbons (Fsp3) is 0.800. The molecule has 0 aromatic carbocycles. The van der Waals surface area contributed by atoms with E-state index in [0.717, 1.165) is 0 Å². The second kappa shape index (κ2) is 4.86. The SMILES string of the molecule is CC(C)C(=O)N(C)C(C#N)C(C)C. The van der Waals surface area contributed by atoms with Crippen molar-refractivity contribution in [1.82, 2.24) is 4.90 Å². The van der Waals surface area contributed by atoms with Gasteiger partial charge in [-0.25, -0.2) is 0 Å². The third kappa shape index (κ3) is 3.06. The second-order valence-corrected chi connectivity index (χ2v) is 3.92. The molecule has 0 radical (unpaired) electrons. The molecule has 0 N–H and O–H groups in total. The Kier molecular flexibility index (Phi) is 4.47. The summed E-state index contributed by atoms with van der Waals surface area (Å²) in [7, 11) is 1.69. The third-order valence-corrected chi connectivity index (χ3v) is 2.02. The van der Waals surface area contributed by atoms with Crippen molar-refractivity contribution in [3.63, 3.8) is 0 Å². The fourth-order valence-corrected chi connectivity index (χ4v) is 1.23. The summed E-state index contributed by atoms with van der Waals surface area (Å²) in [4.78, 5) is 13.1. The van der Waals surface area contributed by atoms with Gasteiger partial charge in [-0.2, -0.15) is 5.26 Å². The van der Waals surface area contributed by atoms with Gasteiger partial charge in [0, 0.05) is 13.0 Å². The molecule has 3 heteroatoms. The fourth-order valence-electron chi connectivity index (χ4n) is 1.23. The van der Waals surface area contributed by atoms with Crippen LogP contribution in [-0.2, 0) is 4.79 Å². The van der Waals surface area contributed by atoms with Crippen LogP contribution in [0.25, 0.3) is 0 Å². The molecule has 0 bridgehead atoms. The van der Waals surface area contributed by atoms with E-state index in [9.17, 15) is 4.79 Å². The van der Waals surface area contributed by atoms with Gasteiger partial charge in [0.1, 0.15) is 6.04 Å². The first-order chi connectivity index (χ1) is 5.91. The van der Waals surface area contributed by atoms with E-state index in [1.165, 1.54) is 4.90 Å². The summed E-state index contributed by atoms with van der Waals surface area (Å²) < 4.78 is 0. The van der Waals surface area contributed by atoms with E-state index < -0.39 is 0 Å². The Labute approximate surface area is 80.3 Å². The molecular formula is C10H18N2O. The molecule has 0 aliphatic rings. The van der Waals surface area contributed by atoms with Gasteiger partial charge < -0.3 is 4.90 Å². The zero-order chi connectivity index (χ0) is 10.6. The molecule has 0 heterocycles. The van der Waals surface area contributed by atoms with Crippen LogP contribution in [0.4, 0.5) is 0 Å². The van der Waals surface area contributed by atoms with Gasteiger partial charge >= 0.3 is 0 Å². The van der Waals surface area contributed by atoms with Gasteiger partial charge in [0.15, 0.2) is 0 Å². The highest BCUT2D eigenvalue weighted by atomic mass is 16.2. The first kappa shape index (κ1) is 12.0. The van der Waals surface area contributed by atoms with Gasteiger partial charge in [0.05, 0.1) is 6.07 Å². The molecule has 1 unspecified atom stereocenters. The lowest BCUT2D eigenvalue weighted by atomic mass is 10.0. The topological polar surface area (TPSA) is 44.1 Å². The Balaban J connectivity index is 4.48. The van der Waals surface area contributed by atoms with Gasteiger partial charge in [-0.3, -0.25) is 4.79 Å². The average molecular weight is 182 g/mol. The van der Waals surface area contributed by atoms with Gasteiger partial charge in [0.2, 0.25) is 5.91 Å². The maximum Gasteiger partial charge on any atom is 0.225 e. The Morgan fingerprint density at radius 3 is 2.00 bits per heavy atom. The van der Waals surface area contributed by atoms with E-state index in [0.29, 0.717) is 0 Å². The van der Waals surface area contributed by atoms with Crippen molar-refractivity contribution in [2.24, 2.45) is 11.8 Å². The molecule has 0 saturated heterocycles. The van der Waals surface area contributed by atoms with Gasteiger partial charge in [-0.15, -0.1) is 0 Å². The van der Waals surface area contributed by atoms with Crippen molar-refractivity contribution in [3.05, 3.63) is 0 Å². The zero-order valence-corrected chi connectivity index (χ0v) is 9.03. The Bertz CT molecular complexity index is 215. The van der Waals surface area contributed by atoms with Gasteiger partial charge in [-0.1, -0.05) is 27.7 Å². The van der Waals surface area contributed by atoms with Crippen molar-refractivity contribution in [3.8, 4) is 6.07 Å². The number of nitrogens with zero attached hydrogens (tertiary/aromatic N) is 2. The van der Waals surface area contributed by atoms with E-state index in [1.54, 1.807) is 7.05 Å². The number of hydrogen-bond acceptors (Lipinski definition) is 2. The molecule has 1 amide bonds. The first-order valence-electron chi connectivity index (χ1n) is 4.58. The number of hydrogen-bond donors (Lipinski definition) is 0.